The van der Waals surface area contributed by atoms with Gasteiger partial charge in [-0.25, -0.2) is 4.57 Å². The van der Waals surface area contributed by atoms with Crippen LogP contribution in [0.5, 0.6) is 0 Å². The summed E-state index contributed by atoms with van der Waals surface area (Å²) in [5.74, 6) is -0.0246. The zero-order valence-electron chi connectivity index (χ0n) is 15.4. The van der Waals surface area contributed by atoms with Crippen molar-refractivity contribution in [3.8, 4) is 0 Å². The minimum atomic E-state index is -4.59. The molecular formula is C19H30NO5P. The van der Waals surface area contributed by atoms with Gasteiger partial charge in [0.1, 0.15) is 0 Å². The van der Waals surface area contributed by atoms with Gasteiger partial charge in [-0.05, 0) is 24.8 Å². The molecule has 3 N–H and O–H groups in total. The number of phosphoric acid groups is 1. The molecule has 0 heterocycles. The minimum absolute atomic E-state index is 0.0246. The number of carbonyl (C=O) groups is 1. The monoisotopic (exact) mass is 383 g/mol. The first-order chi connectivity index (χ1) is 12.4. The topological polar surface area (TPSA) is 95.9 Å². The van der Waals surface area contributed by atoms with Crippen LogP contribution in [0.25, 0.3) is 0 Å². The lowest BCUT2D eigenvalue weighted by molar-refractivity contribution is -0.137. The smallest absolute Gasteiger partial charge is 0.346 e. The Morgan fingerprint density at radius 1 is 1.23 bits per heavy atom. The van der Waals surface area contributed by atoms with Crippen LogP contribution >= 0.6 is 7.82 Å². The fraction of sp³-hybridized carbons (Fsp3) is 0.632. The maximum absolute atomic E-state index is 13.0. The quantitative estimate of drug-likeness (QED) is 0.395. The van der Waals surface area contributed by atoms with Crippen molar-refractivity contribution in [1.82, 2.24) is 5.32 Å². The Morgan fingerprint density at radius 2 is 1.92 bits per heavy atom. The van der Waals surface area contributed by atoms with E-state index in [1.807, 2.05) is 30.3 Å². The molecule has 0 aliphatic heterocycles. The Labute approximate surface area is 155 Å². The Kier molecular flexibility index (Phi) is 7.84. The van der Waals surface area contributed by atoms with E-state index in [9.17, 15) is 9.36 Å². The predicted octanol–water partition coefficient (Wildman–Crippen LogP) is 4.09. The van der Waals surface area contributed by atoms with Crippen molar-refractivity contribution in [3.05, 3.63) is 35.9 Å². The molecule has 0 unspecified atom stereocenters. The van der Waals surface area contributed by atoms with Gasteiger partial charge in [-0.3, -0.25) is 9.32 Å². The second-order valence-corrected chi connectivity index (χ2v) is 8.41. The summed E-state index contributed by atoms with van der Waals surface area (Å²) < 4.78 is 15.8. The normalized spacial score (nSPS) is 17.3. The van der Waals surface area contributed by atoms with Gasteiger partial charge >= 0.3 is 7.82 Å². The summed E-state index contributed by atoms with van der Waals surface area (Å²) in [6.07, 6.45) is 8.20. The Morgan fingerprint density at radius 3 is 2.46 bits per heavy atom. The summed E-state index contributed by atoms with van der Waals surface area (Å²) >= 11 is 0. The average molecular weight is 383 g/mol. The number of amides is 1. The number of unbranched alkanes of at least 4 members (excludes halogenated alkanes) is 3. The third-order valence-electron chi connectivity index (χ3n) is 5.22. The molecular weight excluding hydrogens is 353 g/mol. The highest BCUT2D eigenvalue weighted by molar-refractivity contribution is 7.46. The Balaban J connectivity index is 2.03. The van der Waals surface area contributed by atoms with Crippen LogP contribution in [0, 0.1) is 5.41 Å². The highest BCUT2D eigenvalue weighted by atomic mass is 31.2. The van der Waals surface area contributed by atoms with Crippen LogP contribution in [0.1, 0.15) is 69.9 Å². The van der Waals surface area contributed by atoms with Gasteiger partial charge in [0.15, 0.2) is 0 Å². The van der Waals surface area contributed by atoms with Crippen LogP contribution in [0.15, 0.2) is 30.3 Å². The molecule has 1 saturated carbocycles. The molecule has 1 amide bonds. The van der Waals surface area contributed by atoms with E-state index in [2.05, 4.69) is 16.8 Å². The van der Waals surface area contributed by atoms with Gasteiger partial charge in [-0.1, -0.05) is 69.4 Å². The summed E-state index contributed by atoms with van der Waals surface area (Å²) in [6.45, 7) is 1.91. The van der Waals surface area contributed by atoms with E-state index < -0.39 is 13.9 Å². The minimum Gasteiger partial charge on any atom is -0.346 e. The molecule has 1 aromatic carbocycles. The van der Waals surface area contributed by atoms with Crippen LogP contribution in [-0.4, -0.2) is 22.3 Å². The summed E-state index contributed by atoms with van der Waals surface area (Å²) in [5, 5.41) is 2.98. The molecule has 1 fully saturated rings. The van der Waals surface area contributed by atoms with E-state index >= 15 is 0 Å². The molecule has 0 aromatic heterocycles. The van der Waals surface area contributed by atoms with Gasteiger partial charge in [-0.15, -0.1) is 0 Å². The maximum Gasteiger partial charge on any atom is 0.469 e. The first-order valence-corrected chi connectivity index (χ1v) is 11.0. The van der Waals surface area contributed by atoms with E-state index in [0.29, 0.717) is 0 Å². The molecule has 1 aromatic rings. The lowest BCUT2D eigenvalue weighted by Crippen LogP contribution is -2.47. The first-order valence-electron chi connectivity index (χ1n) is 9.42. The largest absolute Gasteiger partial charge is 0.469 e. The number of rotatable bonds is 11. The van der Waals surface area contributed by atoms with Crippen molar-refractivity contribution in [2.24, 2.45) is 5.41 Å². The number of hydrogen-bond acceptors (Lipinski definition) is 3. The molecule has 0 radical (unpaired) electrons. The fourth-order valence-corrected chi connectivity index (χ4v) is 3.82. The van der Waals surface area contributed by atoms with E-state index in [-0.39, 0.29) is 17.9 Å². The van der Waals surface area contributed by atoms with Crippen molar-refractivity contribution in [2.45, 2.75) is 64.3 Å². The predicted molar refractivity (Wildman–Crippen MR) is 100 cm³/mol. The van der Waals surface area contributed by atoms with Crippen LogP contribution in [0.3, 0.4) is 0 Å². The van der Waals surface area contributed by atoms with Crippen LogP contribution in [-0.2, 0) is 13.9 Å². The van der Waals surface area contributed by atoms with Crippen molar-refractivity contribution >= 4 is 13.7 Å². The lowest BCUT2D eigenvalue weighted by Gasteiger charge is -2.41. The number of hydrogen-bond donors (Lipinski definition) is 3. The third-order valence-corrected chi connectivity index (χ3v) is 5.70. The van der Waals surface area contributed by atoms with E-state index in [1.54, 1.807) is 0 Å². The van der Waals surface area contributed by atoms with Crippen LogP contribution < -0.4 is 5.32 Å². The number of benzene rings is 1. The fourth-order valence-electron chi connectivity index (χ4n) is 3.47. The molecule has 7 heteroatoms. The van der Waals surface area contributed by atoms with Crippen LogP contribution in [0.4, 0.5) is 0 Å². The molecule has 0 saturated heterocycles. The molecule has 6 nitrogen and oxygen atoms in total. The molecule has 1 atom stereocenters. The Bertz CT molecular complexity index is 612. The second-order valence-electron chi connectivity index (χ2n) is 7.17. The zero-order chi connectivity index (χ0) is 19.0. The van der Waals surface area contributed by atoms with Crippen LogP contribution in [0.2, 0.25) is 0 Å². The summed E-state index contributed by atoms with van der Waals surface area (Å²) in [4.78, 5) is 31.0. The van der Waals surface area contributed by atoms with Gasteiger partial charge in [0.25, 0.3) is 0 Å². The summed E-state index contributed by atoms with van der Waals surface area (Å²) in [7, 11) is -4.59. The average Bonchev–Trinajstić information content (AvgIpc) is 2.57. The highest BCUT2D eigenvalue weighted by Gasteiger charge is 2.44. The van der Waals surface area contributed by atoms with Crippen molar-refractivity contribution in [1.29, 1.82) is 0 Å². The lowest BCUT2D eigenvalue weighted by atomic mass is 9.65. The summed E-state index contributed by atoms with van der Waals surface area (Å²) in [6, 6.07) is 8.58. The van der Waals surface area contributed by atoms with Crippen molar-refractivity contribution < 1.29 is 23.7 Å². The SMILES string of the molecule is CCCCCCC1(C(=O)N[C@H](COP(=O)(O)O)c2ccccc2)CCC1. The standard InChI is InChI=1S/C19H30NO5P/c1-2-3-4-8-12-19(13-9-14-19)18(21)20-17(15-25-26(22,23)24)16-10-6-5-7-11-16/h5-7,10-11,17H,2-4,8-9,12-15H2,1H3,(H,20,21)(H2,22,23,24)/t17-/m1/s1. The van der Waals surface area contributed by atoms with Gasteiger partial charge in [0.2, 0.25) is 5.91 Å². The molecule has 1 aliphatic carbocycles. The number of phosphoric ester groups is 1. The van der Waals surface area contributed by atoms with Gasteiger partial charge in [-0.2, -0.15) is 0 Å². The van der Waals surface area contributed by atoms with Gasteiger partial charge < -0.3 is 15.1 Å². The zero-order valence-corrected chi connectivity index (χ0v) is 16.3. The van der Waals surface area contributed by atoms with Crippen molar-refractivity contribution in [2.75, 3.05) is 6.61 Å². The van der Waals surface area contributed by atoms with E-state index in [0.717, 1.165) is 50.5 Å². The van der Waals surface area contributed by atoms with E-state index in [4.69, 9.17) is 9.79 Å². The third kappa shape index (κ3) is 6.20. The molecule has 0 spiro atoms. The molecule has 0 bridgehead atoms. The number of nitrogens with one attached hydrogen (secondary N) is 1. The van der Waals surface area contributed by atoms with Crippen molar-refractivity contribution in [3.63, 3.8) is 0 Å². The van der Waals surface area contributed by atoms with Gasteiger partial charge in [0.05, 0.1) is 12.6 Å². The first kappa shape index (κ1) is 21.1. The molecule has 1 aliphatic rings. The molecule has 146 valence electrons. The Hall–Kier alpha value is -1.20. The summed E-state index contributed by atoms with van der Waals surface area (Å²) in [5.41, 5.74) is 0.442. The number of carbonyl (C=O) groups excluding carboxylic acids is 1. The second kappa shape index (κ2) is 9.65. The highest BCUT2D eigenvalue weighted by Crippen LogP contribution is 2.46. The molecule has 26 heavy (non-hydrogen) atoms. The molecule has 2 rings (SSSR count). The maximum atomic E-state index is 13.0. The van der Waals surface area contributed by atoms with E-state index in [1.165, 1.54) is 6.42 Å². The van der Waals surface area contributed by atoms with Gasteiger partial charge in [0, 0.05) is 5.41 Å².